The number of carbonyl (C=O) groups is 2. The van der Waals surface area contributed by atoms with Gasteiger partial charge in [-0.05, 0) is 38.3 Å². The Labute approximate surface area is 181 Å². The fraction of sp³-hybridized carbons (Fsp3) is 0.391. The third-order valence-corrected chi connectivity index (χ3v) is 5.85. The van der Waals surface area contributed by atoms with Crippen molar-refractivity contribution in [3.63, 3.8) is 0 Å². The Hall–Kier alpha value is -3.42. The smallest absolute Gasteiger partial charge is 0.256 e. The molecule has 0 unspecified atom stereocenters. The number of likely N-dealkylation sites (tertiary alicyclic amines) is 1. The minimum Gasteiger partial charge on any atom is -0.494 e. The first kappa shape index (κ1) is 20.8. The molecular formula is C23H27N5O3. The second-order valence-electron chi connectivity index (χ2n) is 8.06. The van der Waals surface area contributed by atoms with Crippen molar-refractivity contribution in [1.29, 1.82) is 0 Å². The van der Waals surface area contributed by atoms with Gasteiger partial charge in [0, 0.05) is 26.0 Å². The van der Waals surface area contributed by atoms with Crippen molar-refractivity contribution >= 4 is 22.7 Å². The molecule has 4 rings (SSSR count). The Morgan fingerprint density at radius 1 is 1.23 bits per heavy atom. The van der Waals surface area contributed by atoms with Crippen molar-refractivity contribution in [1.82, 2.24) is 25.0 Å². The molecule has 0 saturated carbocycles. The summed E-state index contributed by atoms with van der Waals surface area (Å²) in [6, 6.07) is 7.33. The summed E-state index contributed by atoms with van der Waals surface area (Å²) in [6.07, 6.45) is 4.22. The number of benzene rings is 1. The molecule has 2 aromatic heterocycles. The summed E-state index contributed by atoms with van der Waals surface area (Å²) in [6.45, 7) is 2.46. The molecule has 0 radical (unpaired) electrons. The fourth-order valence-corrected chi connectivity index (χ4v) is 4.24. The Kier molecular flexibility index (Phi) is 5.63. The van der Waals surface area contributed by atoms with Gasteiger partial charge >= 0.3 is 0 Å². The average Bonchev–Trinajstić information content (AvgIpc) is 3.26. The zero-order valence-electron chi connectivity index (χ0n) is 18.3. The lowest BCUT2D eigenvalue weighted by atomic mass is 9.95. The molecular weight excluding hydrogens is 394 g/mol. The highest BCUT2D eigenvalue weighted by atomic mass is 16.5. The summed E-state index contributed by atoms with van der Waals surface area (Å²) >= 11 is 0. The third-order valence-electron chi connectivity index (χ3n) is 5.85. The summed E-state index contributed by atoms with van der Waals surface area (Å²) < 4.78 is 5.42. The molecule has 0 bridgehead atoms. The fourth-order valence-electron chi connectivity index (χ4n) is 4.24. The Morgan fingerprint density at radius 2 is 2.03 bits per heavy atom. The summed E-state index contributed by atoms with van der Waals surface area (Å²) in [4.78, 5) is 34.3. The van der Waals surface area contributed by atoms with E-state index in [0.29, 0.717) is 34.8 Å². The van der Waals surface area contributed by atoms with Crippen LogP contribution in [0.25, 0.3) is 10.9 Å². The Bertz CT molecular complexity index is 1140. The molecule has 1 N–H and O–H groups in total. The van der Waals surface area contributed by atoms with Crippen LogP contribution in [-0.2, 0) is 0 Å². The minimum absolute atomic E-state index is 0.0859. The number of rotatable bonds is 4. The molecule has 3 heterocycles. The predicted octanol–water partition coefficient (Wildman–Crippen LogP) is 3.34. The first-order chi connectivity index (χ1) is 14.9. The molecule has 1 aliphatic rings. The van der Waals surface area contributed by atoms with E-state index in [4.69, 9.17) is 4.74 Å². The lowest BCUT2D eigenvalue weighted by Gasteiger charge is -2.36. The van der Waals surface area contributed by atoms with Crippen molar-refractivity contribution in [2.24, 2.45) is 0 Å². The highest BCUT2D eigenvalue weighted by molar-refractivity contribution is 6.00. The lowest BCUT2D eigenvalue weighted by Crippen LogP contribution is -2.40. The van der Waals surface area contributed by atoms with Crippen LogP contribution in [0.4, 0.5) is 0 Å². The van der Waals surface area contributed by atoms with E-state index < -0.39 is 0 Å². The molecule has 0 spiro atoms. The molecule has 1 aliphatic heterocycles. The summed E-state index contributed by atoms with van der Waals surface area (Å²) in [5, 5.41) is 7.95. The van der Waals surface area contributed by atoms with Gasteiger partial charge < -0.3 is 14.5 Å². The van der Waals surface area contributed by atoms with E-state index in [-0.39, 0.29) is 17.9 Å². The highest BCUT2D eigenvalue weighted by Gasteiger charge is 2.33. The number of carbonyl (C=O) groups excluding carboxylic acids is 2. The molecule has 8 nitrogen and oxygen atoms in total. The van der Waals surface area contributed by atoms with Gasteiger partial charge in [-0.25, -0.2) is 4.98 Å². The molecule has 2 amide bonds. The van der Waals surface area contributed by atoms with Crippen molar-refractivity contribution in [3.8, 4) is 5.75 Å². The average molecular weight is 422 g/mol. The summed E-state index contributed by atoms with van der Waals surface area (Å²) in [7, 11) is 5.03. The third kappa shape index (κ3) is 3.73. The standard InChI is InChI=1S/C23H27N5O3/c1-14-16(12-15-8-7-10-19(31-4)20(15)25-14)23(30)28-11-6-5-9-18(28)21-17(13-24-26-21)22(29)27(2)3/h7-8,10,12-13,18H,5-6,9,11H2,1-4H3,(H,24,26)/t18-/m1/s1. The van der Waals surface area contributed by atoms with Gasteiger partial charge in [-0.2, -0.15) is 5.10 Å². The molecule has 3 aromatic rings. The maximum atomic E-state index is 13.7. The molecule has 0 aliphatic carbocycles. The number of aromatic nitrogens is 3. The van der Waals surface area contributed by atoms with Gasteiger partial charge in [0.2, 0.25) is 0 Å². The zero-order valence-corrected chi connectivity index (χ0v) is 18.3. The number of aryl methyl sites for hydroxylation is 1. The Morgan fingerprint density at radius 3 is 2.77 bits per heavy atom. The van der Waals surface area contributed by atoms with Gasteiger partial charge in [0.05, 0.1) is 41.9 Å². The minimum atomic E-state index is -0.233. The number of H-pyrrole nitrogens is 1. The number of pyridine rings is 1. The zero-order chi connectivity index (χ0) is 22.1. The van der Waals surface area contributed by atoms with Crippen molar-refractivity contribution in [2.75, 3.05) is 27.7 Å². The quantitative estimate of drug-likeness (QED) is 0.698. The molecule has 8 heteroatoms. The van der Waals surface area contributed by atoms with Crippen molar-refractivity contribution in [3.05, 3.63) is 53.0 Å². The SMILES string of the molecule is COc1cccc2cc(C(=O)N3CCCC[C@@H]3c3[nH]ncc3C(=O)N(C)C)c(C)nc12. The normalized spacial score (nSPS) is 16.4. The first-order valence-electron chi connectivity index (χ1n) is 10.4. The van der Waals surface area contributed by atoms with E-state index >= 15 is 0 Å². The maximum absolute atomic E-state index is 13.7. The molecule has 1 aromatic carbocycles. The number of amides is 2. The van der Waals surface area contributed by atoms with Crippen LogP contribution in [0.3, 0.4) is 0 Å². The van der Waals surface area contributed by atoms with Crippen LogP contribution in [-0.4, -0.2) is 64.5 Å². The number of hydrogen-bond donors (Lipinski definition) is 1. The van der Waals surface area contributed by atoms with E-state index in [1.165, 1.54) is 4.90 Å². The van der Waals surface area contributed by atoms with Crippen LogP contribution in [0, 0.1) is 6.92 Å². The highest BCUT2D eigenvalue weighted by Crippen LogP contribution is 2.34. The van der Waals surface area contributed by atoms with Crippen LogP contribution in [0.1, 0.15) is 57.4 Å². The monoisotopic (exact) mass is 421 g/mol. The van der Waals surface area contributed by atoms with Gasteiger partial charge in [0.25, 0.3) is 11.8 Å². The van der Waals surface area contributed by atoms with Crippen LogP contribution >= 0.6 is 0 Å². The first-order valence-corrected chi connectivity index (χ1v) is 10.4. The van der Waals surface area contributed by atoms with Gasteiger partial charge in [0.15, 0.2) is 0 Å². The second kappa shape index (κ2) is 8.37. The van der Waals surface area contributed by atoms with E-state index in [1.807, 2.05) is 36.1 Å². The lowest BCUT2D eigenvalue weighted by molar-refractivity contribution is 0.0599. The van der Waals surface area contributed by atoms with Crippen LogP contribution in [0.15, 0.2) is 30.5 Å². The Balaban J connectivity index is 1.73. The van der Waals surface area contributed by atoms with Gasteiger partial charge in [-0.1, -0.05) is 12.1 Å². The van der Waals surface area contributed by atoms with Crippen LogP contribution in [0.5, 0.6) is 5.75 Å². The largest absolute Gasteiger partial charge is 0.494 e. The number of aromatic amines is 1. The number of nitrogens with one attached hydrogen (secondary N) is 1. The maximum Gasteiger partial charge on any atom is 0.256 e. The molecule has 31 heavy (non-hydrogen) atoms. The number of piperidine rings is 1. The van der Waals surface area contributed by atoms with Gasteiger partial charge in [-0.3, -0.25) is 14.7 Å². The molecule has 1 atom stereocenters. The van der Waals surface area contributed by atoms with Crippen LogP contribution < -0.4 is 4.74 Å². The number of ether oxygens (including phenoxy) is 1. The van der Waals surface area contributed by atoms with E-state index in [2.05, 4.69) is 15.2 Å². The van der Waals surface area contributed by atoms with E-state index in [9.17, 15) is 9.59 Å². The summed E-state index contributed by atoms with van der Waals surface area (Å²) in [5.41, 5.74) is 3.16. The topological polar surface area (TPSA) is 91.4 Å². The van der Waals surface area contributed by atoms with Gasteiger partial charge in [0.1, 0.15) is 11.3 Å². The predicted molar refractivity (Wildman–Crippen MR) is 117 cm³/mol. The second-order valence-corrected chi connectivity index (χ2v) is 8.06. The number of hydrogen-bond acceptors (Lipinski definition) is 5. The van der Waals surface area contributed by atoms with Gasteiger partial charge in [-0.15, -0.1) is 0 Å². The summed E-state index contributed by atoms with van der Waals surface area (Å²) in [5.74, 6) is 0.467. The molecule has 1 fully saturated rings. The number of fused-ring (bicyclic) bond motifs is 1. The number of para-hydroxylation sites is 1. The van der Waals surface area contributed by atoms with Crippen LogP contribution in [0.2, 0.25) is 0 Å². The number of nitrogens with zero attached hydrogens (tertiary/aromatic N) is 4. The van der Waals surface area contributed by atoms with E-state index in [0.717, 1.165) is 30.2 Å². The molecule has 1 saturated heterocycles. The van der Waals surface area contributed by atoms with Crippen molar-refractivity contribution in [2.45, 2.75) is 32.2 Å². The molecule has 162 valence electrons. The number of methoxy groups -OCH3 is 1. The van der Waals surface area contributed by atoms with E-state index in [1.54, 1.807) is 27.4 Å². The van der Waals surface area contributed by atoms with Crippen molar-refractivity contribution < 1.29 is 14.3 Å².